The van der Waals surface area contributed by atoms with Gasteiger partial charge in [-0.25, -0.2) is 0 Å². The molecule has 0 aliphatic carbocycles. The van der Waals surface area contributed by atoms with Gasteiger partial charge in [0.2, 0.25) is 0 Å². The Balaban J connectivity index is 1.78. The van der Waals surface area contributed by atoms with Gasteiger partial charge in [0.25, 0.3) is 5.91 Å². The van der Waals surface area contributed by atoms with E-state index in [0.717, 1.165) is 11.1 Å². The maximum absolute atomic E-state index is 12.3. The molecule has 5 heteroatoms. The van der Waals surface area contributed by atoms with E-state index < -0.39 is 6.10 Å². The Morgan fingerprint density at radius 1 is 1.30 bits per heavy atom. The minimum atomic E-state index is -0.731. The van der Waals surface area contributed by atoms with Gasteiger partial charge < -0.3 is 14.7 Å². The van der Waals surface area contributed by atoms with Gasteiger partial charge in [0, 0.05) is 26.0 Å². The first-order valence-corrected chi connectivity index (χ1v) is 7.53. The van der Waals surface area contributed by atoms with Gasteiger partial charge in [-0.2, -0.15) is 0 Å². The van der Waals surface area contributed by atoms with Gasteiger partial charge in [0.05, 0.1) is 24.9 Å². The van der Waals surface area contributed by atoms with Gasteiger partial charge in [-0.1, -0.05) is 30.3 Å². The SMILES string of the molecule is Cc1cncc(C(=O)N(C)CC(O)COCc2ccccc2)c1. The molecule has 1 atom stereocenters. The first-order valence-electron chi connectivity index (χ1n) is 7.53. The molecule has 1 unspecified atom stereocenters. The van der Waals surface area contributed by atoms with Gasteiger partial charge in [0.15, 0.2) is 0 Å². The molecule has 0 spiro atoms. The van der Waals surface area contributed by atoms with Crippen LogP contribution in [0.4, 0.5) is 0 Å². The summed E-state index contributed by atoms with van der Waals surface area (Å²) in [5.74, 6) is -0.164. The van der Waals surface area contributed by atoms with Gasteiger partial charge in [-0.3, -0.25) is 9.78 Å². The third-order valence-electron chi connectivity index (χ3n) is 3.38. The van der Waals surface area contributed by atoms with E-state index in [0.29, 0.717) is 12.2 Å². The second-order valence-corrected chi connectivity index (χ2v) is 5.59. The zero-order chi connectivity index (χ0) is 16.7. The molecule has 0 radical (unpaired) electrons. The number of aliphatic hydroxyl groups is 1. The Bertz CT molecular complexity index is 631. The molecule has 0 aliphatic heterocycles. The highest BCUT2D eigenvalue weighted by Crippen LogP contribution is 2.06. The summed E-state index contributed by atoms with van der Waals surface area (Å²) in [5, 5.41) is 10.0. The van der Waals surface area contributed by atoms with Crippen molar-refractivity contribution in [1.82, 2.24) is 9.88 Å². The summed E-state index contributed by atoms with van der Waals surface area (Å²) in [6.07, 6.45) is 2.50. The number of carbonyl (C=O) groups is 1. The van der Waals surface area contributed by atoms with Crippen molar-refractivity contribution in [2.45, 2.75) is 19.6 Å². The fourth-order valence-corrected chi connectivity index (χ4v) is 2.23. The summed E-state index contributed by atoms with van der Waals surface area (Å²) in [6, 6.07) is 11.5. The lowest BCUT2D eigenvalue weighted by molar-refractivity contribution is 0.0137. The molecule has 1 aromatic carbocycles. The minimum absolute atomic E-state index is 0.164. The number of hydrogen-bond donors (Lipinski definition) is 1. The maximum Gasteiger partial charge on any atom is 0.255 e. The normalized spacial score (nSPS) is 12.0. The van der Waals surface area contributed by atoms with Crippen molar-refractivity contribution in [2.24, 2.45) is 0 Å². The number of hydrogen-bond acceptors (Lipinski definition) is 4. The van der Waals surface area contributed by atoms with Crippen molar-refractivity contribution in [3.63, 3.8) is 0 Å². The number of pyridine rings is 1. The first-order chi connectivity index (χ1) is 11.1. The molecular formula is C18H22N2O3. The topological polar surface area (TPSA) is 62.7 Å². The molecule has 2 aromatic rings. The van der Waals surface area contributed by atoms with E-state index in [1.165, 1.54) is 11.1 Å². The summed E-state index contributed by atoms with van der Waals surface area (Å²) >= 11 is 0. The second kappa shape index (κ2) is 8.41. The molecular weight excluding hydrogens is 292 g/mol. The van der Waals surface area contributed by atoms with Crippen LogP contribution in [0.3, 0.4) is 0 Å². The van der Waals surface area contributed by atoms with Crippen LogP contribution < -0.4 is 0 Å². The smallest absolute Gasteiger partial charge is 0.255 e. The van der Waals surface area contributed by atoms with Crippen LogP contribution in [0.25, 0.3) is 0 Å². The van der Waals surface area contributed by atoms with Crippen LogP contribution in [0, 0.1) is 6.92 Å². The molecule has 1 heterocycles. The molecule has 1 amide bonds. The highest BCUT2D eigenvalue weighted by molar-refractivity contribution is 5.93. The standard InChI is InChI=1S/C18H22N2O3/c1-14-8-16(10-19-9-14)18(22)20(2)11-17(21)13-23-12-15-6-4-3-5-7-15/h3-10,17,21H,11-13H2,1-2H3. The van der Waals surface area contributed by atoms with E-state index in [1.54, 1.807) is 19.3 Å². The van der Waals surface area contributed by atoms with Crippen LogP contribution in [0.5, 0.6) is 0 Å². The largest absolute Gasteiger partial charge is 0.389 e. The Kier molecular flexibility index (Phi) is 6.26. The minimum Gasteiger partial charge on any atom is -0.389 e. The molecule has 0 fully saturated rings. The number of benzene rings is 1. The third kappa shape index (κ3) is 5.47. The summed E-state index contributed by atoms with van der Waals surface area (Å²) in [7, 11) is 1.66. The van der Waals surface area contributed by atoms with Crippen molar-refractivity contribution in [3.05, 3.63) is 65.5 Å². The number of likely N-dealkylation sites (N-methyl/N-ethyl adjacent to an activating group) is 1. The zero-order valence-electron chi connectivity index (χ0n) is 13.5. The number of aromatic nitrogens is 1. The number of carbonyl (C=O) groups excluding carboxylic acids is 1. The van der Waals surface area contributed by atoms with E-state index in [9.17, 15) is 9.90 Å². The highest BCUT2D eigenvalue weighted by atomic mass is 16.5. The Morgan fingerprint density at radius 3 is 2.74 bits per heavy atom. The van der Waals surface area contributed by atoms with E-state index in [-0.39, 0.29) is 19.1 Å². The van der Waals surface area contributed by atoms with E-state index in [1.807, 2.05) is 37.3 Å². The van der Waals surface area contributed by atoms with E-state index in [2.05, 4.69) is 4.98 Å². The monoisotopic (exact) mass is 314 g/mol. The molecule has 5 nitrogen and oxygen atoms in total. The quantitative estimate of drug-likeness (QED) is 0.849. The lowest BCUT2D eigenvalue weighted by atomic mass is 10.2. The third-order valence-corrected chi connectivity index (χ3v) is 3.38. The van der Waals surface area contributed by atoms with Crippen LogP contribution in [0.15, 0.2) is 48.8 Å². The Morgan fingerprint density at radius 2 is 2.04 bits per heavy atom. The number of nitrogens with zero attached hydrogens (tertiary/aromatic N) is 2. The Hall–Kier alpha value is -2.24. The van der Waals surface area contributed by atoms with E-state index in [4.69, 9.17) is 4.74 Å². The number of aryl methyl sites for hydroxylation is 1. The molecule has 0 aliphatic rings. The number of rotatable bonds is 7. The van der Waals surface area contributed by atoms with Crippen molar-refractivity contribution < 1.29 is 14.6 Å². The van der Waals surface area contributed by atoms with Gasteiger partial charge in [-0.05, 0) is 24.1 Å². The summed E-state index contributed by atoms with van der Waals surface area (Å²) in [5.41, 5.74) is 2.50. The van der Waals surface area contributed by atoms with Crippen LogP contribution in [0.2, 0.25) is 0 Å². The van der Waals surface area contributed by atoms with E-state index >= 15 is 0 Å². The lowest BCUT2D eigenvalue weighted by Gasteiger charge is -2.21. The fraction of sp³-hybridized carbons (Fsp3) is 0.333. The zero-order valence-corrected chi connectivity index (χ0v) is 13.5. The van der Waals surface area contributed by atoms with Crippen LogP contribution >= 0.6 is 0 Å². The Labute approximate surface area is 136 Å². The van der Waals surface area contributed by atoms with Crippen molar-refractivity contribution >= 4 is 5.91 Å². The molecule has 0 saturated heterocycles. The second-order valence-electron chi connectivity index (χ2n) is 5.59. The average Bonchev–Trinajstić information content (AvgIpc) is 2.55. The molecule has 2 rings (SSSR count). The fourth-order valence-electron chi connectivity index (χ4n) is 2.23. The lowest BCUT2D eigenvalue weighted by Crippen LogP contribution is -2.36. The predicted molar refractivity (Wildman–Crippen MR) is 88.0 cm³/mol. The van der Waals surface area contributed by atoms with Crippen molar-refractivity contribution in [1.29, 1.82) is 0 Å². The first kappa shape index (κ1) is 17.1. The molecule has 1 N–H and O–H groups in total. The molecule has 0 saturated carbocycles. The van der Waals surface area contributed by atoms with Crippen LogP contribution in [0.1, 0.15) is 21.5 Å². The van der Waals surface area contributed by atoms with Crippen molar-refractivity contribution in [2.75, 3.05) is 20.2 Å². The summed E-state index contributed by atoms with van der Waals surface area (Å²) < 4.78 is 5.49. The van der Waals surface area contributed by atoms with Gasteiger partial charge in [0.1, 0.15) is 0 Å². The highest BCUT2D eigenvalue weighted by Gasteiger charge is 2.16. The molecule has 0 bridgehead atoms. The average molecular weight is 314 g/mol. The van der Waals surface area contributed by atoms with Gasteiger partial charge in [-0.15, -0.1) is 0 Å². The van der Waals surface area contributed by atoms with Gasteiger partial charge >= 0.3 is 0 Å². The number of amides is 1. The molecule has 1 aromatic heterocycles. The predicted octanol–water partition coefficient (Wildman–Crippen LogP) is 2.04. The number of aliphatic hydroxyl groups excluding tert-OH is 1. The summed E-state index contributed by atoms with van der Waals surface area (Å²) in [4.78, 5) is 17.8. The molecule has 23 heavy (non-hydrogen) atoms. The van der Waals surface area contributed by atoms with Crippen molar-refractivity contribution in [3.8, 4) is 0 Å². The molecule has 122 valence electrons. The summed E-state index contributed by atoms with van der Waals surface area (Å²) in [6.45, 7) is 2.72. The van der Waals surface area contributed by atoms with Crippen LogP contribution in [-0.4, -0.2) is 47.2 Å². The van der Waals surface area contributed by atoms with Crippen LogP contribution in [-0.2, 0) is 11.3 Å². The number of ether oxygens (including phenoxy) is 1. The maximum atomic E-state index is 12.3.